The van der Waals surface area contributed by atoms with Crippen LogP contribution in [0.15, 0.2) is 71.3 Å². The number of ether oxygens (including phenoxy) is 1. The average molecular weight is 481 g/mol. The van der Waals surface area contributed by atoms with Gasteiger partial charge in [0.25, 0.3) is 0 Å². The van der Waals surface area contributed by atoms with E-state index in [4.69, 9.17) is 9.15 Å². The number of nitrogens with one attached hydrogen (secondary N) is 2. The van der Waals surface area contributed by atoms with Crippen molar-refractivity contribution in [3.05, 3.63) is 78.5 Å². The van der Waals surface area contributed by atoms with Crippen molar-refractivity contribution in [2.24, 2.45) is 0 Å². The first-order valence-electron chi connectivity index (χ1n) is 11.6. The first-order chi connectivity index (χ1) is 17.0. The van der Waals surface area contributed by atoms with Gasteiger partial charge in [0.15, 0.2) is 0 Å². The van der Waals surface area contributed by atoms with E-state index < -0.39 is 11.8 Å². The molecule has 1 aliphatic heterocycles. The van der Waals surface area contributed by atoms with E-state index in [9.17, 15) is 14.0 Å². The number of benzene rings is 2. The Morgan fingerprint density at radius 3 is 2.43 bits per heavy atom. The fourth-order valence-corrected chi connectivity index (χ4v) is 4.13. The minimum Gasteiger partial charge on any atom is -0.492 e. The van der Waals surface area contributed by atoms with E-state index in [1.54, 1.807) is 48.7 Å². The van der Waals surface area contributed by atoms with Crippen molar-refractivity contribution in [1.82, 2.24) is 10.2 Å². The van der Waals surface area contributed by atoms with Crippen LogP contribution in [0, 0.1) is 5.82 Å². The molecule has 8 nitrogen and oxygen atoms in total. The van der Waals surface area contributed by atoms with Crippen LogP contribution in [-0.2, 0) is 9.59 Å². The molecule has 2 aromatic carbocycles. The number of furan rings is 1. The number of rotatable bonds is 8. The highest BCUT2D eigenvalue weighted by molar-refractivity contribution is 6.39. The van der Waals surface area contributed by atoms with Crippen LogP contribution in [0.2, 0.25) is 0 Å². The lowest BCUT2D eigenvalue weighted by Gasteiger charge is -2.39. The Morgan fingerprint density at radius 1 is 1.00 bits per heavy atom. The molecule has 0 aliphatic carbocycles. The van der Waals surface area contributed by atoms with Gasteiger partial charge in [-0.3, -0.25) is 14.5 Å². The zero-order valence-corrected chi connectivity index (χ0v) is 19.6. The Bertz CT molecular complexity index is 1110. The Hall–Kier alpha value is -3.85. The summed E-state index contributed by atoms with van der Waals surface area (Å²) < 4.78 is 24.4. The third-order valence-electron chi connectivity index (χ3n) is 5.92. The smallest absolute Gasteiger partial charge is 0.313 e. The minimum absolute atomic E-state index is 0.212. The van der Waals surface area contributed by atoms with E-state index in [2.05, 4.69) is 20.4 Å². The van der Waals surface area contributed by atoms with Gasteiger partial charge in [-0.15, -0.1) is 0 Å². The number of amides is 2. The van der Waals surface area contributed by atoms with Crippen molar-refractivity contribution < 1.29 is 23.1 Å². The van der Waals surface area contributed by atoms with Gasteiger partial charge in [-0.05, 0) is 55.5 Å². The predicted molar refractivity (Wildman–Crippen MR) is 131 cm³/mol. The molecule has 2 heterocycles. The number of anilines is 2. The van der Waals surface area contributed by atoms with Crippen LogP contribution < -0.4 is 20.3 Å². The average Bonchev–Trinajstić information content (AvgIpc) is 3.41. The van der Waals surface area contributed by atoms with Gasteiger partial charge in [0.05, 0.1) is 24.6 Å². The van der Waals surface area contributed by atoms with Crippen molar-refractivity contribution >= 4 is 23.2 Å². The van der Waals surface area contributed by atoms with Crippen LogP contribution in [-0.4, -0.2) is 56.0 Å². The van der Waals surface area contributed by atoms with Gasteiger partial charge < -0.3 is 24.7 Å². The molecule has 3 aromatic rings. The second kappa shape index (κ2) is 11.5. The molecule has 184 valence electrons. The number of hydrogen-bond acceptors (Lipinski definition) is 6. The molecule has 4 rings (SSSR count). The summed E-state index contributed by atoms with van der Waals surface area (Å²) in [6, 6.07) is 16.9. The van der Waals surface area contributed by atoms with E-state index >= 15 is 0 Å². The van der Waals surface area contributed by atoms with Crippen molar-refractivity contribution in [3.8, 4) is 5.75 Å². The summed E-state index contributed by atoms with van der Waals surface area (Å²) >= 11 is 0. The van der Waals surface area contributed by atoms with Crippen LogP contribution >= 0.6 is 0 Å². The highest BCUT2D eigenvalue weighted by Gasteiger charge is 2.28. The molecule has 1 aromatic heterocycles. The van der Waals surface area contributed by atoms with Gasteiger partial charge in [0.1, 0.15) is 17.3 Å². The Kier molecular flexibility index (Phi) is 7.99. The monoisotopic (exact) mass is 480 g/mol. The number of nitrogens with zero attached hydrogens (tertiary/aromatic N) is 2. The first kappa shape index (κ1) is 24.3. The number of para-hydroxylation sites is 2. The van der Waals surface area contributed by atoms with Crippen molar-refractivity contribution in [3.63, 3.8) is 0 Å². The van der Waals surface area contributed by atoms with Gasteiger partial charge in [-0.1, -0.05) is 12.1 Å². The molecule has 1 unspecified atom stereocenters. The van der Waals surface area contributed by atoms with E-state index in [-0.39, 0.29) is 18.4 Å². The molecule has 1 atom stereocenters. The summed E-state index contributed by atoms with van der Waals surface area (Å²) in [5.41, 5.74) is 1.41. The molecule has 0 bridgehead atoms. The summed E-state index contributed by atoms with van der Waals surface area (Å²) in [5.74, 6) is -0.549. The second-order valence-electron chi connectivity index (χ2n) is 8.12. The van der Waals surface area contributed by atoms with Gasteiger partial charge in [0.2, 0.25) is 0 Å². The fourth-order valence-electron chi connectivity index (χ4n) is 4.13. The fraction of sp³-hybridized carbons (Fsp3) is 0.308. The molecule has 1 saturated heterocycles. The molecular formula is C26H29FN4O4. The number of hydrogen-bond donors (Lipinski definition) is 2. The minimum atomic E-state index is -0.767. The topological polar surface area (TPSA) is 87.0 Å². The highest BCUT2D eigenvalue weighted by Crippen LogP contribution is 2.25. The van der Waals surface area contributed by atoms with E-state index in [1.807, 2.05) is 13.0 Å². The summed E-state index contributed by atoms with van der Waals surface area (Å²) in [5, 5.41) is 5.35. The summed E-state index contributed by atoms with van der Waals surface area (Å²) in [6.07, 6.45) is 1.59. The maximum atomic E-state index is 13.3. The van der Waals surface area contributed by atoms with Gasteiger partial charge in [0, 0.05) is 38.4 Å². The maximum absolute atomic E-state index is 13.3. The van der Waals surface area contributed by atoms with Crippen LogP contribution in [0.5, 0.6) is 5.75 Å². The Morgan fingerprint density at radius 2 is 1.74 bits per heavy atom. The lowest BCUT2D eigenvalue weighted by atomic mass is 10.1. The molecule has 2 amide bonds. The molecule has 9 heteroatoms. The molecule has 2 N–H and O–H groups in total. The van der Waals surface area contributed by atoms with E-state index in [0.717, 1.165) is 18.8 Å². The lowest BCUT2D eigenvalue weighted by Crippen LogP contribution is -2.50. The second-order valence-corrected chi connectivity index (χ2v) is 8.12. The van der Waals surface area contributed by atoms with Crippen molar-refractivity contribution in [2.75, 3.05) is 49.5 Å². The third kappa shape index (κ3) is 6.19. The van der Waals surface area contributed by atoms with Crippen LogP contribution in [0.4, 0.5) is 15.8 Å². The Labute approximate surface area is 203 Å². The molecule has 1 fully saturated rings. The number of carbonyl (C=O) groups is 2. The lowest BCUT2D eigenvalue weighted by molar-refractivity contribution is -0.136. The van der Waals surface area contributed by atoms with Crippen LogP contribution in [0.1, 0.15) is 18.7 Å². The van der Waals surface area contributed by atoms with Crippen LogP contribution in [0.25, 0.3) is 0 Å². The van der Waals surface area contributed by atoms with Gasteiger partial charge in [-0.25, -0.2) is 4.39 Å². The van der Waals surface area contributed by atoms with Gasteiger partial charge >= 0.3 is 11.8 Å². The predicted octanol–water partition coefficient (Wildman–Crippen LogP) is 3.44. The number of carbonyl (C=O) groups excluding carboxylic acids is 2. The number of halogens is 1. The molecular weight excluding hydrogens is 451 g/mol. The largest absolute Gasteiger partial charge is 0.492 e. The quantitative estimate of drug-likeness (QED) is 0.481. The molecule has 0 radical (unpaired) electrons. The van der Waals surface area contributed by atoms with Gasteiger partial charge in [-0.2, -0.15) is 0 Å². The van der Waals surface area contributed by atoms with Crippen molar-refractivity contribution in [2.45, 2.75) is 13.0 Å². The van der Waals surface area contributed by atoms with Crippen LogP contribution in [0.3, 0.4) is 0 Å². The van der Waals surface area contributed by atoms with E-state index in [1.165, 1.54) is 12.1 Å². The normalized spacial score (nSPS) is 14.9. The SMILES string of the molecule is CCOc1ccccc1NC(=O)C(=O)NCC(c1ccco1)N1CCN(c2ccc(F)cc2)CC1. The standard InChI is InChI=1S/C26H29FN4O4/c1-2-34-23-7-4-3-6-21(23)29-26(33)25(32)28-18-22(24-8-5-17-35-24)31-15-13-30(14-16-31)20-11-9-19(27)10-12-20/h3-12,17,22H,2,13-16,18H2,1H3,(H,28,32)(H,29,33). The highest BCUT2D eigenvalue weighted by atomic mass is 19.1. The number of piperazine rings is 1. The maximum Gasteiger partial charge on any atom is 0.313 e. The first-order valence-corrected chi connectivity index (χ1v) is 11.6. The Balaban J connectivity index is 1.36. The molecule has 0 spiro atoms. The zero-order valence-electron chi connectivity index (χ0n) is 19.6. The summed E-state index contributed by atoms with van der Waals surface area (Å²) in [4.78, 5) is 29.5. The third-order valence-corrected chi connectivity index (χ3v) is 5.92. The van der Waals surface area contributed by atoms with E-state index in [0.29, 0.717) is 36.9 Å². The molecule has 35 heavy (non-hydrogen) atoms. The molecule has 1 aliphatic rings. The summed E-state index contributed by atoms with van der Waals surface area (Å²) in [7, 11) is 0. The van der Waals surface area contributed by atoms with Crippen molar-refractivity contribution in [1.29, 1.82) is 0 Å². The summed E-state index contributed by atoms with van der Waals surface area (Å²) in [6.45, 7) is 5.41. The zero-order chi connectivity index (χ0) is 24.6. The molecule has 0 saturated carbocycles.